The third-order valence-corrected chi connectivity index (χ3v) is 8.36. The Morgan fingerprint density at radius 1 is 1.52 bits per heavy atom. The molecule has 6 nitrogen and oxygen atoms in total. The van der Waals surface area contributed by atoms with Gasteiger partial charge in [-0.3, -0.25) is 9.69 Å². The molecule has 1 saturated heterocycles. The highest BCUT2D eigenvalue weighted by molar-refractivity contribution is 8.28. The second kappa shape index (κ2) is 6.67. The highest BCUT2D eigenvalue weighted by atomic mass is 32.2. The molecule has 3 rings (SSSR count). The van der Waals surface area contributed by atoms with E-state index in [0.29, 0.717) is 9.32 Å². The van der Waals surface area contributed by atoms with E-state index in [0.717, 1.165) is 10.0 Å². The molecule has 1 amide bonds. The SMILES string of the molecule is Cc1csc(SCSC2=C(C(=O)O)N3C(=O)[C@H]([C@@H](C)O)[C@H]3S2)n1. The summed E-state index contributed by atoms with van der Waals surface area (Å²) in [7, 11) is 0. The Bertz CT molecular complexity index is 687. The van der Waals surface area contributed by atoms with Crippen LogP contribution in [-0.4, -0.2) is 48.5 Å². The topological polar surface area (TPSA) is 90.7 Å². The minimum absolute atomic E-state index is 0.0443. The molecule has 0 radical (unpaired) electrons. The van der Waals surface area contributed by atoms with Gasteiger partial charge in [-0.25, -0.2) is 9.78 Å². The van der Waals surface area contributed by atoms with Crippen molar-refractivity contribution < 1.29 is 19.8 Å². The first-order valence-electron chi connectivity index (χ1n) is 6.73. The number of carbonyl (C=O) groups excluding carboxylic acids is 1. The predicted molar refractivity (Wildman–Crippen MR) is 93.2 cm³/mol. The molecule has 0 aliphatic carbocycles. The highest BCUT2D eigenvalue weighted by Crippen LogP contribution is 2.54. The smallest absolute Gasteiger partial charge is 0.354 e. The second-order valence-electron chi connectivity index (χ2n) is 5.09. The number of aliphatic hydroxyl groups is 1. The van der Waals surface area contributed by atoms with Crippen molar-refractivity contribution in [3.05, 3.63) is 21.0 Å². The molecule has 2 aliphatic heterocycles. The number of thioether (sulfide) groups is 3. The number of carboxylic acid groups (broad SMARTS) is 1. The minimum atomic E-state index is -1.10. The zero-order chi connectivity index (χ0) is 16.7. The van der Waals surface area contributed by atoms with Crippen molar-refractivity contribution in [2.75, 3.05) is 5.08 Å². The quantitative estimate of drug-likeness (QED) is 0.435. The molecule has 0 unspecified atom stereocenters. The van der Waals surface area contributed by atoms with E-state index in [1.54, 1.807) is 30.0 Å². The molecule has 124 valence electrons. The number of aliphatic hydroxyl groups excluding tert-OH is 1. The van der Waals surface area contributed by atoms with Crippen molar-refractivity contribution in [2.45, 2.75) is 29.7 Å². The fourth-order valence-corrected chi connectivity index (χ4v) is 7.67. The summed E-state index contributed by atoms with van der Waals surface area (Å²) in [6.07, 6.45) is -0.775. The molecule has 3 atom stereocenters. The normalized spacial score (nSPS) is 24.7. The summed E-state index contributed by atoms with van der Waals surface area (Å²) in [5.41, 5.74) is 1.01. The number of β-lactam (4-membered cyclic amide) rings is 1. The van der Waals surface area contributed by atoms with Gasteiger partial charge in [-0.1, -0.05) is 23.5 Å². The van der Waals surface area contributed by atoms with Crippen LogP contribution in [0.1, 0.15) is 12.6 Å². The molecule has 1 aromatic rings. The van der Waals surface area contributed by atoms with E-state index in [-0.39, 0.29) is 17.0 Å². The van der Waals surface area contributed by atoms with Gasteiger partial charge in [-0.2, -0.15) is 0 Å². The van der Waals surface area contributed by atoms with Gasteiger partial charge >= 0.3 is 5.97 Å². The van der Waals surface area contributed by atoms with Gasteiger partial charge in [-0.05, 0) is 13.8 Å². The molecular weight excluding hydrogens is 376 g/mol. The number of rotatable bonds is 6. The van der Waals surface area contributed by atoms with Crippen LogP contribution < -0.4 is 0 Å². The molecule has 2 aliphatic rings. The molecule has 2 N–H and O–H groups in total. The van der Waals surface area contributed by atoms with Gasteiger partial charge in [-0.15, -0.1) is 23.1 Å². The molecule has 1 aromatic heterocycles. The van der Waals surface area contributed by atoms with Crippen LogP contribution >= 0.6 is 46.6 Å². The van der Waals surface area contributed by atoms with Crippen LogP contribution in [0.4, 0.5) is 0 Å². The van der Waals surface area contributed by atoms with Crippen LogP contribution in [0.15, 0.2) is 19.7 Å². The first-order valence-corrected chi connectivity index (χ1v) is 10.5. The number of carbonyl (C=O) groups is 2. The van der Waals surface area contributed by atoms with Crippen molar-refractivity contribution in [3.63, 3.8) is 0 Å². The van der Waals surface area contributed by atoms with Crippen LogP contribution in [0.3, 0.4) is 0 Å². The maximum absolute atomic E-state index is 12.1. The maximum atomic E-state index is 12.1. The number of carboxylic acids is 1. The number of amides is 1. The van der Waals surface area contributed by atoms with Crippen molar-refractivity contribution in [3.8, 4) is 0 Å². The predicted octanol–water partition coefficient (Wildman–Crippen LogP) is 2.40. The lowest BCUT2D eigenvalue weighted by Gasteiger charge is -2.43. The Kier molecular flexibility index (Phi) is 4.98. The van der Waals surface area contributed by atoms with E-state index in [1.165, 1.54) is 28.4 Å². The monoisotopic (exact) mass is 390 g/mol. The summed E-state index contributed by atoms with van der Waals surface area (Å²) in [5, 5.41) is 21.4. The largest absolute Gasteiger partial charge is 0.477 e. The number of fused-ring (bicyclic) bond motifs is 1. The second-order valence-corrected chi connectivity index (χ2v) is 9.90. The Hall–Kier alpha value is -0.680. The summed E-state index contributed by atoms with van der Waals surface area (Å²) < 4.78 is 1.57. The molecule has 3 heterocycles. The number of hydrogen-bond acceptors (Lipinski definition) is 8. The number of aromatic nitrogens is 1. The zero-order valence-corrected chi connectivity index (χ0v) is 15.5. The fraction of sp³-hybridized carbons (Fsp3) is 0.462. The van der Waals surface area contributed by atoms with Gasteiger partial charge in [0.15, 0.2) is 10.0 Å². The summed E-state index contributed by atoms with van der Waals surface area (Å²) in [6, 6.07) is 0. The van der Waals surface area contributed by atoms with Crippen molar-refractivity contribution in [1.29, 1.82) is 0 Å². The first-order chi connectivity index (χ1) is 10.9. The van der Waals surface area contributed by atoms with E-state index in [4.69, 9.17) is 0 Å². The average Bonchev–Trinajstić information content (AvgIpc) is 3.00. The molecule has 10 heteroatoms. The lowest BCUT2D eigenvalue weighted by Crippen LogP contribution is -2.60. The molecule has 0 aromatic carbocycles. The van der Waals surface area contributed by atoms with Gasteiger partial charge in [0.1, 0.15) is 5.37 Å². The summed E-state index contributed by atoms with van der Waals surface area (Å²) in [6.45, 7) is 3.49. The maximum Gasteiger partial charge on any atom is 0.354 e. The minimum Gasteiger partial charge on any atom is -0.477 e. The molecule has 0 saturated carbocycles. The van der Waals surface area contributed by atoms with E-state index in [9.17, 15) is 19.8 Å². The van der Waals surface area contributed by atoms with Gasteiger partial charge < -0.3 is 10.2 Å². The van der Waals surface area contributed by atoms with Gasteiger partial charge in [0.25, 0.3) is 0 Å². The Balaban J connectivity index is 1.68. The van der Waals surface area contributed by atoms with Gasteiger partial charge in [0.2, 0.25) is 5.91 Å². The van der Waals surface area contributed by atoms with Gasteiger partial charge in [0, 0.05) is 11.1 Å². The van der Waals surface area contributed by atoms with Crippen molar-refractivity contribution >= 4 is 58.5 Å². The number of aliphatic carboxylic acids is 1. The van der Waals surface area contributed by atoms with E-state index in [1.807, 2.05) is 12.3 Å². The average molecular weight is 391 g/mol. The van der Waals surface area contributed by atoms with Crippen LogP contribution in [0.25, 0.3) is 0 Å². The van der Waals surface area contributed by atoms with Gasteiger partial charge in [0.05, 0.1) is 21.3 Å². The summed E-state index contributed by atoms with van der Waals surface area (Å²) in [4.78, 5) is 29.2. The molecule has 1 fully saturated rings. The standard InChI is InChI=1S/C13H14N2O4S4/c1-5-3-20-13(14-5)22-4-21-12-8(11(18)19)15-9(17)7(6(2)16)10(15)23-12/h3,6-7,10,16H,4H2,1-2H3,(H,18,19)/t6-,7+,10-/m1/s1. The van der Waals surface area contributed by atoms with E-state index < -0.39 is 18.0 Å². The Labute approximate surface area is 149 Å². The van der Waals surface area contributed by atoms with E-state index in [2.05, 4.69) is 4.98 Å². The zero-order valence-electron chi connectivity index (χ0n) is 12.3. The molecule has 23 heavy (non-hydrogen) atoms. The third kappa shape index (κ3) is 3.14. The number of nitrogens with zero attached hydrogens (tertiary/aromatic N) is 2. The van der Waals surface area contributed by atoms with E-state index >= 15 is 0 Å². The Morgan fingerprint density at radius 2 is 2.26 bits per heavy atom. The lowest BCUT2D eigenvalue weighted by atomic mass is 9.92. The molecular formula is C13H14N2O4S4. The molecule has 0 bridgehead atoms. The molecule has 0 spiro atoms. The lowest BCUT2D eigenvalue weighted by molar-refractivity contribution is -0.156. The number of hydrogen-bond donors (Lipinski definition) is 2. The van der Waals surface area contributed by atoms with Crippen molar-refractivity contribution in [2.24, 2.45) is 5.92 Å². The number of aryl methyl sites for hydroxylation is 1. The highest BCUT2D eigenvalue weighted by Gasteiger charge is 2.57. The van der Waals surface area contributed by atoms with Crippen LogP contribution in [0.5, 0.6) is 0 Å². The Morgan fingerprint density at radius 3 is 2.83 bits per heavy atom. The third-order valence-electron chi connectivity index (χ3n) is 3.44. The van der Waals surface area contributed by atoms with Crippen LogP contribution in [0, 0.1) is 12.8 Å². The first kappa shape index (κ1) is 17.2. The van der Waals surface area contributed by atoms with Crippen LogP contribution in [-0.2, 0) is 9.59 Å². The van der Waals surface area contributed by atoms with Crippen LogP contribution in [0.2, 0.25) is 0 Å². The fourth-order valence-electron chi connectivity index (χ4n) is 2.38. The summed E-state index contributed by atoms with van der Waals surface area (Å²) >= 11 is 5.87. The van der Waals surface area contributed by atoms with Crippen molar-refractivity contribution in [1.82, 2.24) is 9.88 Å². The number of thiazole rings is 1. The summed E-state index contributed by atoms with van der Waals surface area (Å²) in [5.74, 6) is -1.94.